The molecule has 1 N–H and O–H groups in total. The average Bonchev–Trinajstić information content (AvgIpc) is 2.72. The molecule has 0 unspecified atom stereocenters. The number of rotatable bonds is 10. The van der Waals surface area contributed by atoms with Crippen LogP contribution in [0, 0.1) is 0 Å². The van der Waals surface area contributed by atoms with Gasteiger partial charge in [-0.3, -0.25) is 9.52 Å². The van der Waals surface area contributed by atoms with E-state index in [1.807, 2.05) is 0 Å². The maximum absolute atomic E-state index is 12.7. The largest absolute Gasteiger partial charge is 0.496 e. The van der Waals surface area contributed by atoms with Crippen LogP contribution in [0.5, 0.6) is 11.5 Å². The van der Waals surface area contributed by atoms with E-state index in [0.29, 0.717) is 30.9 Å². The highest BCUT2D eigenvalue weighted by molar-refractivity contribution is 7.92. The Hall–Kier alpha value is -2.46. The van der Waals surface area contributed by atoms with Crippen LogP contribution in [-0.2, 0) is 16.2 Å². The normalized spacial score (nSPS) is 11.8. The monoisotopic (exact) mass is 479 g/mol. The molecule has 0 heterocycles. The number of alkyl halides is 4. The van der Waals surface area contributed by atoms with Crippen LogP contribution in [-0.4, -0.2) is 34.3 Å². The number of unbranched alkanes of at least 4 members (excludes halogenated alkanes) is 1. The first-order valence-corrected chi connectivity index (χ1v) is 11.1. The molecule has 6 nitrogen and oxygen atoms in total. The topological polar surface area (TPSA) is 81.7 Å². The summed E-state index contributed by atoms with van der Waals surface area (Å²) in [7, 11) is -1.60. The van der Waals surface area contributed by atoms with Crippen molar-refractivity contribution in [1.82, 2.24) is 0 Å². The van der Waals surface area contributed by atoms with Gasteiger partial charge in [0.15, 0.2) is 5.78 Å². The molecular weight excluding hydrogens is 459 g/mol. The molecule has 0 bridgehead atoms. The van der Waals surface area contributed by atoms with Gasteiger partial charge in [-0.05, 0) is 43.2 Å². The van der Waals surface area contributed by atoms with Crippen LogP contribution < -0.4 is 14.2 Å². The van der Waals surface area contributed by atoms with E-state index in [2.05, 4.69) is 4.72 Å². The molecule has 0 radical (unpaired) electrons. The van der Waals surface area contributed by atoms with E-state index in [4.69, 9.17) is 21.1 Å². The first kappa shape index (κ1) is 24.8. The average molecular weight is 480 g/mol. The summed E-state index contributed by atoms with van der Waals surface area (Å²) >= 11 is 5.63. The fourth-order valence-electron chi connectivity index (χ4n) is 2.74. The van der Waals surface area contributed by atoms with Crippen molar-refractivity contribution in [1.29, 1.82) is 0 Å². The number of anilines is 1. The number of benzene rings is 2. The number of nitrogens with one attached hydrogen (secondary N) is 1. The smallest absolute Gasteiger partial charge is 0.416 e. The Labute approximate surface area is 183 Å². The van der Waals surface area contributed by atoms with Crippen LogP contribution in [0.25, 0.3) is 0 Å². The van der Waals surface area contributed by atoms with Gasteiger partial charge < -0.3 is 9.47 Å². The molecule has 0 aliphatic heterocycles. The second-order valence-electron chi connectivity index (χ2n) is 6.45. The summed E-state index contributed by atoms with van der Waals surface area (Å²) in [5.41, 5.74) is -0.884. The lowest BCUT2D eigenvalue weighted by atomic mass is 10.0. The fraction of sp³-hybridized carbons (Fsp3) is 0.350. The first-order valence-electron chi connectivity index (χ1n) is 9.08. The van der Waals surface area contributed by atoms with Gasteiger partial charge in [-0.1, -0.05) is 0 Å². The molecule has 0 saturated carbocycles. The van der Waals surface area contributed by atoms with Crippen molar-refractivity contribution in [3.63, 3.8) is 0 Å². The molecule has 2 rings (SSSR count). The number of Topliss-reactive ketones (excluding diaryl/α,β-unsaturated/α-hetero) is 1. The molecule has 0 saturated heterocycles. The van der Waals surface area contributed by atoms with E-state index in [-0.39, 0.29) is 39.8 Å². The molecule has 0 aliphatic rings. The number of sulfonamides is 1. The minimum atomic E-state index is -4.59. The standard InChI is InChI=1S/C20H21ClF3NO5S/c1-29-18-12-19(30-2)16(11-15(18)17(26)5-3-4-10-21)25-31(27,28)14-8-6-13(7-9-14)20(22,23)24/h6-9,11-12,25H,3-5,10H2,1-2H3. The lowest BCUT2D eigenvalue weighted by Gasteiger charge is -2.16. The van der Waals surface area contributed by atoms with Crippen molar-refractivity contribution >= 4 is 33.1 Å². The lowest BCUT2D eigenvalue weighted by Crippen LogP contribution is -2.15. The molecule has 0 amide bonds. The Kier molecular flexibility index (Phi) is 8.19. The van der Waals surface area contributed by atoms with Crippen LogP contribution >= 0.6 is 11.6 Å². The summed E-state index contributed by atoms with van der Waals surface area (Å²) < 4.78 is 76.3. The summed E-state index contributed by atoms with van der Waals surface area (Å²) in [6.07, 6.45) is -3.22. The number of ether oxygens (including phenoxy) is 2. The van der Waals surface area contributed by atoms with E-state index in [9.17, 15) is 26.4 Å². The third kappa shape index (κ3) is 6.27. The van der Waals surface area contributed by atoms with Crippen molar-refractivity contribution in [2.75, 3.05) is 24.8 Å². The Balaban J connectivity index is 2.40. The van der Waals surface area contributed by atoms with Gasteiger partial charge in [-0.25, -0.2) is 8.42 Å². The molecule has 0 atom stereocenters. The lowest BCUT2D eigenvalue weighted by molar-refractivity contribution is -0.137. The number of carbonyl (C=O) groups is 1. The highest BCUT2D eigenvalue weighted by Crippen LogP contribution is 2.36. The third-order valence-electron chi connectivity index (χ3n) is 4.35. The fourth-order valence-corrected chi connectivity index (χ4v) is 3.99. The second-order valence-corrected chi connectivity index (χ2v) is 8.51. The zero-order valence-electron chi connectivity index (χ0n) is 16.8. The van der Waals surface area contributed by atoms with E-state index in [0.717, 1.165) is 12.1 Å². The molecule has 0 spiro atoms. The van der Waals surface area contributed by atoms with Gasteiger partial charge in [0.25, 0.3) is 10.0 Å². The van der Waals surface area contributed by atoms with Gasteiger partial charge in [-0.15, -0.1) is 11.6 Å². The van der Waals surface area contributed by atoms with Crippen molar-refractivity contribution in [2.24, 2.45) is 0 Å². The maximum atomic E-state index is 12.7. The predicted molar refractivity (Wildman–Crippen MR) is 111 cm³/mol. The molecule has 31 heavy (non-hydrogen) atoms. The highest BCUT2D eigenvalue weighted by atomic mass is 35.5. The van der Waals surface area contributed by atoms with Gasteiger partial charge in [0.05, 0.1) is 35.9 Å². The summed E-state index contributed by atoms with van der Waals surface area (Å²) in [5.74, 6) is 0.403. The van der Waals surface area contributed by atoms with Gasteiger partial charge in [-0.2, -0.15) is 13.2 Å². The third-order valence-corrected chi connectivity index (χ3v) is 5.99. The van der Waals surface area contributed by atoms with Crippen LogP contribution in [0.2, 0.25) is 0 Å². The maximum Gasteiger partial charge on any atom is 0.416 e. The number of carbonyl (C=O) groups excluding carboxylic acids is 1. The van der Waals surface area contributed by atoms with Crippen molar-refractivity contribution < 1.29 is 35.9 Å². The van der Waals surface area contributed by atoms with Crippen molar-refractivity contribution in [2.45, 2.75) is 30.3 Å². The molecule has 11 heteroatoms. The highest BCUT2D eigenvalue weighted by Gasteiger charge is 2.31. The predicted octanol–water partition coefficient (Wildman–Crippen LogP) is 5.12. The van der Waals surface area contributed by atoms with Gasteiger partial charge in [0.1, 0.15) is 11.5 Å². The van der Waals surface area contributed by atoms with Gasteiger partial charge in [0, 0.05) is 18.4 Å². The molecule has 0 aromatic heterocycles. The summed E-state index contributed by atoms with van der Waals surface area (Å²) in [5, 5.41) is 0. The first-order chi connectivity index (χ1) is 14.5. The zero-order valence-corrected chi connectivity index (χ0v) is 18.3. The van der Waals surface area contributed by atoms with E-state index < -0.39 is 21.8 Å². The Morgan fingerprint density at radius 3 is 2.16 bits per heavy atom. The summed E-state index contributed by atoms with van der Waals surface area (Å²) in [4.78, 5) is 12.2. The van der Waals surface area contributed by atoms with Crippen LogP contribution in [0.4, 0.5) is 18.9 Å². The second kappa shape index (κ2) is 10.2. The number of halogens is 4. The minimum Gasteiger partial charge on any atom is -0.496 e. The van der Waals surface area contributed by atoms with Gasteiger partial charge in [0.2, 0.25) is 0 Å². The Bertz CT molecular complexity index is 1020. The molecule has 2 aromatic carbocycles. The molecular formula is C20H21ClF3NO5S. The van der Waals surface area contributed by atoms with E-state index >= 15 is 0 Å². The minimum absolute atomic E-state index is 0.0520. The summed E-state index contributed by atoms with van der Waals surface area (Å²) in [6.45, 7) is 0. The number of methoxy groups -OCH3 is 2. The quantitative estimate of drug-likeness (QED) is 0.291. The molecule has 170 valence electrons. The Morgan fingerprint density at radius 1 is 1.03 bits per heavy atom. The SMILES string of the molecule is COc1cc(OC)c(C(=O)CCCCCl)cc1NS(=O)(=O)c1ccc(C(F)(F)F)cc1. The number of hydrogen-bond donors (Lipinski definition) is 1. The van der Waals surface area contributed by atoms with Crippen molar-refractivity contribution in [3.05, 3.63) is 47.5 Å². The molecule has 0 fully saturated rings. The van der Waals surface area contributed by atoms with E-state index in [1.54, 1.807) is 0 Å². The van der Waals surface area contributed by atoms with Crippen molar-refractivity contribution in [3.8, 4) is 11.5 Å². The zero-order chi connectivity index (χ0) is 23.2. The van der Waals surface area contributed by atoms with E-state index in [1.165, 1.54) is 26.4 Å². The molecule has 2 aromatic rings. The number of ketones is 1. The Morgan fingerprint density at radius 2 is 1.65 bits per heavy atom. The van der Waals surface area contributed by atoms with Crippen LogP contribution in [0.3, 0.4) is 0 Å². The van der Waals surface area contributed by atoms with Crippen LogP contribution in [0.1, 0.15) is 35.2 Å². The summed E-state index contributed by atoms with van der Waals surface area (Å²) in [6, 6.07) is 5.68. The molecule has 0 aliphatic carbocycles. The number of hydrogen-bond acceptors (Lipinski definition) is 5. The van der Waals surface area contributed by atoms with Crippen LogP contribution in [0.15, 0.2) is 41.3 Å². The van der Waals surface area contributed by atoms with Gasteiger partial charge >= 0.3 is 6.18 Å².